The Hall–Kier alpha value is -0.710. The highest BCUT2D eigenvalue weighted by Crippen LogP contribution is 2.27. The van der Waals surface area contributed by atoms with Gasteiger partial charge in [-0.3, -0.25) is 9.59 Å². The number of carboxylic acids is 1. The van der Waals surface area contributed by atoms with Crippen molar-refractivity contribution >= 4 is 23.6 Å². The minimum absolute atomic E-state index is 0.00528. The van der Waals surface area contributed by atoms with Crippen LogP contribution in [0.2, 0.25) is 0 Å². The summed E-state index contributed by atoms with van der Waals surface area (Å²) >= 11 is 1.64. The second kappa shape index (κ2) is 5.24. The predicted octanol–water partition coefficient (Wildman–Crippen LogP) is 0.815. The summed E-state index contributed by atoms with van der Waals surface area (Å²) in [5.74, 6) is 0.0571. The third-order valence-electron chi connectivity index (χ3n) is 2.22. The maximum atomic E-state index is 11.8. The van der Waals surface area contributed by atoms with Gasteiger partial charge in [0.05, 0.1) is 5.25 Å². The van der Waals surface area contributed by atoms with Gasteiger partial charge in [-0.05, 0) is 25.5 Å². The number of thioether (sulfide) groups is 1. The minimum Gasteiger partial charge on any atom is -0.480 e. The normalized spacial score (nSPS) is 20.8. The third kappa shape index (κ3) is 2.90. The van der Waals surface area contributed by atoms with Gasteiger partial charge in [0, 0.05) is 6.54 Å². The van der Waals surface area contributed by atoms with Crippen molar-refractivity contribution in [3.63, 3.8) is 0 Å². The Bertz CT molecular complexity index is 226. The highest BCUT2D eigenvalue weighted by atomic mass is 32.2. The first kappa shape index (κ1) is 11.4. The Labute approximate surface area is 87.7 Å². The van der Waals surface area contributed by atoms with Crippen LogP contribution in [0.5, 0.6) is 0 Å². The molecular formula is C9H15NO3S. The molecule has 0 aromatic rings. The van der Waals surface area contributed by atoms with Crippen molar-refractivity contribution < 1.29 is 14.7 Å². The lowest BCUT2D eigenvalue weighted by atomic mass is 10.2. The molecule has 0 aromatic heterocycles. The summed E-state index contributed by atoms with van der Waals surface area (Å²) in [6.45, 7) is 2.11. The van der Waals surface area contributed by atoms with Gasteiger partial charge in [0.25, 0.3) is 0 Å². The quantitative estimate of drug-likeness (QED) is 0.757. The van der Waals surface area contributed by atoms with Crippen molar-refractivity contribution in [2.45, 2.75) is 25.0 Å². The molecule has 1 heterocycles. The average molecular weight is 217 g/mol. The van der Waals surface area contributed by atoms with Crippen LogP contribution in [0, 0.1) is 0 Å². The number of rotatable bonds is 4. The average Bonchev–Trinajstić information content (AvgIpc) is 2.65. The molecule has 0 bridgehead atoms. The zero-order valence-electron chi connectivity index (χ0n) is 8.23. The molecule has 1 atom stereocenters. The molecule has 4 nitrogen and oxygen atoms in total. The van der Waals surface area contributed by atoms with E-state index >= 15 is 0 Å². The van der Waals surface area contributed by atoms with Crippen LogP contribution in [-0.4, -0.2) is 46.0 Å². The Kier molecular flexibility index (Phi) is 4.25. The molecule has 0 radical (unpaired) electrons. The van der Waals surface area contributed by atoms with Gasteiger partial charge >= 0.3 is 5.97 Å². The zero-order valence-corrected chi connectivity index (χ0v) is 9.05. The standard InChI is InChI=1S/C9H15NO3S/c1-2-10(6-8(11)12)9(13)7-4-3-5-14-7/h7H,2-6H2,1H3,(H,11,12). The smallest absolute Gasteiger partial charge is 0.323 e. The van der Waals surface area contributed by atoms with Crippen LogP contribution in [0.3, 0.4) is 0 Å². The van der Waals surface area contributed by atoms with Crippen molar-refractivity contribution in [3.05, 3.63) is 0 Å². The van der Waals surface area contributed by atoms with Crippen molar-refractivity contribution in [3.8, 4) is 0 Å². The van der Waals surface area contributed by atoms with Crippen LogP contribution >= 0.6 is 11.8 Å². The van der Waals surface area contributed by atoms with Crippen LogP contribution in [0.25, 0.3) is 0 Å². The minimum atomic E-state index is -0.941. The van der Waals surface area contributed by atoms with Crippen molar-refractivity contribution in [1.29, 1.82) is 0 Å². The van der Waals surface area contributed by atoms with E-state index in [2.05, 4.69) is 0 Å². The van der Waals surface area contributed by atoms with E-state index in [0.29, 0.717) is 6.54 Å². The number of likely N-dealkylation sites (N-methyl/N-ethyl adjacent to an activating group) is 1. The fourth-order valence-electron chi connectivity index (χ4n) is 1.48. The summed E-state index contributed by atoms with van der Waals surface area (Å²) in [6.07, 6.45) is 1.95. The lowest BCUT2D eigenvalue weighted by Crippen LogP contribution is -2.40. The molecule has 1 N–H and O–H groups in total. The van der Waals surface area contributed by atoms with Gasteiger partial charge in [-0.2, -0.15) is 0 Å². The number of carbonyl (C=O) groups is 2. The first-order chi connectivity index (χ1) is 6.65. The second-order valence-electron chi connectivity index (χ2n) is 3.25. The van der Waals surface area contributed by atoms with Crippen LogP contribution in [0.4, 0.5) is 0 Å². The largest absolute Gasteiger partial charge is 0.480 e. The van der Waals surface area contributed by atoms with Gasteiger partial charge in [-0.15, -0.1) is 11.8 Å². The van der Waals surface area contributed by atoms with E-state index in [-0.39, 0.29) is 17.7 Å². The van der Waals surface area contributed by atoms with Crippen LogP contribution in [0.15, 0.2) is 0 Å². The maximum Gasteiger partial charge on any atom is 0.323 e. The molecule has 1 saturated heterocycles. The Morgan fingerprint density at radius 3 is 2.71 bits per heavy atom. The molecule has 1 aliphatic heterocycles. The molecule has 1 rings (SSSR count). The first-order valence-electron chi connectivity index (χ1n) is 4.77. The van der Waals surface area contributed by atoms with Gasteiger partial charge in [0.1, 0.15) is 6.54 Å². The summed E-state index contributed by atoms with van der Waals surface area (Å²) in [6, 6.07) is 0. The number of hydrogen-bond donors (Lipinski definition) is 1. The van der Waals surface area contributed by atoms with Gasteiger partial charge < -0.3 is 10.0 Å². The molecule has 0 saturated carbocycles. The van der Waals surface area contributed by atoms with Crippen molar-refractivity contribution in [1.82, 2.24) is 4.90 Å². The predicted molar refractivity (Wildman–Crippen MR) is 55.4 cm³/mol. The van der Waals surface area contributed by atoms with E-state index in [9.17, 15) is 9.59 Å². The number of amides is 1. The molecule has 0 aromatic carbocycles. The summed E-state index contributed by atoms with van der Waals surface area (Å²) in [4.78, 5) is 23.6. The van der Waals surface area contributed by atoms with Crippen LogP contribution < -0.4 is 0 Å². The number of nitrogens with zero attached hydrogens (tertiary/aromatic N) is 1. The summed E-state index contributed by atoms with van der Waals surface area (Å²) in [5.41, 5.74) is 0. The number of carbonyl (C=O) groups excluding carboxylic acids is 1. The lowest BCUT2D eigenvalue weighted by Gasteiger charge is -2.21. The molecule has 80 valence electrons. The van der Waals surface area contributed by atoms with E-state index in [0.717, 1.165) is 18.6 Å². The first-order valence-corrected chi connectivity index (χ1v) is 5.82. The van der Waals surface area contributed by atoms with E-state index < -0.39 is 5.97 Å². The molecule has 0 spiro atoms. The zero-order chi connectivity index (χ0) is 10.6. The highest BCUT2D eigenvalue weighted by molar-refractivity contribution is 8.00. The van der Waals surface area contributed by atoms with Gasteiger partial charge in [0.15, 0.2) is 0 Å². The molecule has 5 heteroatoms. The van der Waals surface area contributed by atoms with Crippen LogP contribution in [-0.2, 0) is 9.59 Å². The fraction of sp³-hybridized carbons (Fsp3) is 0.778. The van der Waals surface area contributed by atoms with Crippen LogP contribution in [0.1, 0.15) is 19.8 Å². The van der Waals surface area contributed by atoms with Gasteiger partial charge in [-0.1, -0.05) is 0 Å². The monoisotopic (exact) mass is 217 g/mol. The fourth-order valence-corrected chi connectivity index (χ4v) is 2.73. The lowest BCUT2D eigenvalue weighted by molar-refractivity contribution is -0.144. The Morgan fingerprint density at radius 1 is 1.57 bits per heavy atom. The molecule has 1 unspecified atom stereocenters. The third-order valence-corrected chi connectivity index (χ3v) is 3.59. The van der Waals surface area contributed by atoms with E-state index in [4.69, 9.17) is 5.11 Å². The molecule has 14 heavy (non-hydrogen) atoms. The second-order valence-corrected chi connectivity index (χ2v) is 4.56. The topological polar surface area (TPSA) is 57.6 Å². The molecule has 0 aliphatic carbocycles. The molecule has 1 aliphatic rings. The Morgan fingerprint density at radius 2 is 2.29 bits per heavy atom. The number of aliphatic carboxylic acids is 1. The van der Waals surface area contributed by atoms with Gasteiger partial charge in [0.2, 0.25) is 5.91 Å². The summed E-state index contributed by atoms with van der Waals surface area (Å²) in [7, 11) is 0. The van der Waals surface area contributed by atoms with E-state index in [1.807, 2.05) is 0 Å². The summed E-state index contributed by atoms with van der Waals surface area (Å²) in [5, 5.41) is 8.60. The molecule has 1 amide bonds. The number of carboxylic acid groups (broad SMARTS) is 1. The SMILES string of the molecule is CCN(CC(=O)O)C(=O)C1CCCS1. The summed E-state index contributed by atoms with van der Waals surface area (Å²) < 4.78 is 0. The van der Waals surface area contributed by atoms with E-state index in [1.165, 1.54) is 4.90 Å². The molecular weight excluding hydrogens is 202 g/mol. The van der Waals surface area contributed by atoms with Gasteiger partial charge in [-0.25, -0.2) is 0 Å². The Balaban J connectivity index is 2.50. The molecule has 1 fully saturated rings. The van der Waals surface area contributed by atoms with Crippen molar-refractivity contribution in [2.75, 3.05) is 18.8 Å². The number of hydrogen-bond acceptors (Lipinski definition) is 3. The van der Waals surface area contributed by atoms with Crippen molar-refractivity contribution in [2.24, 2.45) is 0 Å². The highest BCUT2D eigenvalue weighted by Gasteiger charge is 2.27. The maximum absolute atomic E-state index is 11.8. The van der Waals surface area contributed by atoms with E-state index in [1.54, 1.807) is 18.7 Å².